The first-order valence-electron chi connectivity index (χ1n) is 7.98. The van der Waals surface area contributed by atoms with Crippen LogP contribution in [0.2, 0.25) is 0 Å². The molecule has 126 valence electrons. The first-order valence-corrected chi connectivity index (χ1v) is 7.98. The Kier molecular flexibility index (Phi) is 8.42. The summed E-state index contributed by atoms with van der Waals surface area (Å²) in [4.78, 5) is 16.3. The van der Waals surface area contributed by atoms with Crippen molar-refractivity contribution < 1.29 is 9.32 Å². The van der Waals surface area contributed by atoms with E-state index in [1.165, 1.54) is 19.3 Å². The predicted octanol–water partition coefficient (Wildman–Crippen LogP) is 2.72. The molecule has 6 nitrogen and oxygen atoms in total. The first kappa shape index (κ1) is 18.9. The van der Waals surface area contributed by atoms with E-state index in [1.54, 1.807) is 0 Å². The Morgan fingerprint density at radius 3 is 2.77 bits per heavy atom. The molecule has 1 aromatic heterocycles. The number of nitrogens with zero attached hydrogens (tertiary/aromatic N) is 2. The lowest BCUT2D eigenvalue weighted by atomic mass is 9.89. The number of carbonyl (C=O) groups excluding carboxylic acids is 1. The van der Waals surface area contributed by atoms with Gasteiger partial charge in [-0.2, -0.15) is 4.98 Å². The summed E-state index contributed by atoms with van der Waals surface area (Å²) < 4.78 is 5.32. The van der Waals surface area contributed by atoms with Crippen LogP contribution in [-0.4, -0.2) is 29.6 Å². The lowest BCUT2D eigenvalue weighted by Crippen LogP contribution is -2.27. The number of hydrogen-bond donors (Lipinski definition) is 2. The van der Waals surface area contributed by atoms with Crippen molar-refractivity contribution in [3.8, 4) is 0 Å². The summed E-state index contributed by atoms with van der Waals surface area (Å²) in [6.45, 7) is 2.72. The summed E-state index contributed by atoms with van der Waals surface area (Å²) in [5, 5.41) is 10.0. The van der Waals surface area contributed by atoms with Crippen molar-refractivity contribution in [1.29, 1.82) is 0 Å². The lowest BCUT2D eigenvalue weighted by molar-refractivity contribution is -0.122. The largest absolute Gasteiger partial charge is 0.345 e. The molecule has 0 radical (unpaired) electrons. The van der Waals surface area contributed by atoms with E-state index < -0.39 is 0 Å². The molecule has 1 fully saturated rings. The maximum Gasteiger partial charge on any atom is 0.248 e. The summed E-state index contributed by atoms with van der Waals surface area (Å²) in [5.41, 5.74) is 0. The van der Waals surface area contributed by atoms with E-state index >= 15 is 0 Å². The Labute approximate surface area is 138 Å². The number of rotatable bonds is 7. The van der Waals surface area contributed by atoms with Crippen LogP contribution in [0.5, 0.6) is 0 Å². The van der Waals surface area contributed by atoms with Crippen LogP contribution < -0.4 is 10.6 Å². The normalized spacial score (nSPS) is 16.8. The number of halogens is 1. The van der Waals surface area contributed by atoms with Gasteiger partial charge in [0.05, 0.1) is 0 Å². The van der Waals surface area contributed by atoms with Gasteiger partial charge in [-0.05, 0) is 39.8 Å². The summed E-state index contributed by atoms with van der Waals surface area (Å²) in [7, 11) is 1.88. The highest BCUT2D eigenvalue weighted by molar-refractivity contribution is 5.85. The Morgan fingerprint density at radius 2 is 2.09 bits per heavy atom. The zero-order chi connectivity index (χ0) is 15.1. The minimum absolute atomic E-state index is 0. The number of amides is 1. The number of nitrogens with one attached hydrogen (secondary N) is 2. The monoisotopic (exact) mass is 330 g/mol. The summed E-state index contributed by atoms with van der Waals surface area (Å²) >= 11 is 0. The van der Waals surface area contributed by atoms with Gasteiger partial charge in [-0.15, -0.1) is 12.4 Å². The van der Waals surface area contributed by atoms with E-state index in [2.05, 4.69) is 20.8 Å². The highest BCUT2D eigenvalue weighted by atomic mass is 35.5. The van der Waals surface area contributed by atoms with Crippen LogP contribution in [0.15, 0.2) is 4.52 Å². The van der Waals surface area contributed by atoms with Crippen LogP contribution in [0.25, 0.3) is 0 Å². The molecule has 1 aromatic rings. The molecule has 7 heteroatoms. The van der Waals surface area contributed by atoms with Gasteiger partial charge in [0.25, 0.3) is 0 Å². The van der Waals surface area contributed by atoms with Gasteiger partial charge in [0.2, 0.25) is 11.8 Å². The molecule has 2 rings (SSSR count). The predicted molar refractivity (Wildman–Crippen MR) is 87.1 cm³/mol. The fourth-order valence-corrected chi connectivity index (χ4v) is 2.75. The van der Waals surface area contributed by atoms with Crippen molar-refractivity contribution in [1.82, 2.24) is 20.8 Å². The van der Waals surface area contributed by atoms with Gasteiger partial charge in [0.1, 0.15) is 6.04 Å². The van der Waals surface area contributed by atoms with Gasteiger partial charge < -0.3 is 15.2 Å². The molecule has 1 unspecified atom stereocenters. The molecule has 1 amide bonds. The second-order valence-electron chi connectivity index (χ2n) is 5.82. The smallest absolute Gasteiger partial charge is 0.248 e. The van der Waals surface area contributed by atoms with Crippen molar-refractivity contribution in [3.63, 3.8) is 0 Å². The van der Waals surface area contributed by atoms with E-state index in [1.807, 2.05) is 14.0 Å². The number of aromatic nitrogens is 2. The van der Waals surface area contributed by atoms with Crippen LogP contribution in [-0.2, 0) is 4.79 Å². The third-order valence-corrected chi connectivity index (χ3v) is 4.01. The molecule has 1 aliphatic carbocycles. The molecule has 1 atom stereocenters. The molecular formula is C15H27ClN4O2. The quantitative estimate of drug-likeness (QED) is 0.751. The topological polar surface area (TPSA) is 80.0 Å². The van der Waals surface area contributed by atoms with Gasteiger partial charge in [0.15, 0.2) is 5.82 Å². The van der Waals surface area contributed by atoms with Crippen molar-refractivity contribution in [2.24, 2.45) is 0 Å². The van der Waals surface area contributed by atoms with Gasteiger partial charge >= 0.3 is 0 Å². The van der Waals surface area contributed by atoms with Crippen molar-refractivity contribution in [2.75, 3.05) is 13.6 Å². The Bertz CT molecular complexity index is 447. The van der Waals surface area contributed by atoms with Gasteiger partial charge in [-0.3, -0.25) is 4.79 Å². The summed E-state index contributed by atoms with van der Waals surface area (Å²) in [6.07, 6.45) is 7.41. The zero-order valence-electron chi connectivity index (χ0n) is 13.4. The van der Waals surface area contributed by atoms with Crippen LogP contribution in [0.1, 0.15) is 75.5 Å². The van der Waals surface area contributed by atoms with Crippen LogP contribution in [0, 0.1) is 0 Å². The van der Waals surface area contributed by atoms with E-state index in [4.69, 9.17) is 4.52 Å². The second-order valence-corrected chi connectivity index (χ2v) is 5.82. The summed E-state index contributed by atoms with van der Waals surface area (Å²) in [5.74, 6) is 1.77. The fraction of sp³-hybridized carbons (Fsp3) is 0.800. The molecule has 0 bridgehead atoms. The fourth-order valence-electron chi connectivity index (χ4n) is 2.75. The average Bonchev–Trinajstić information content (AvgIpc) is 2.98. The Balaban J connectivity index is 0.00000242. The molecule has 1 saturated carbocycles. The first-order chi connectivity index (χ1) is 10.2. The number of carbonyl (C=O) groups is 1. The molecule has 22 heavy (non-hydrogen) atoms. The van der Waals surface area contributed by atoms with Gasteiger partial charge in [0, 0.05) is 12.3 Å². The number of hydrogen-bond acceptors (Lipinski definition) is 5. The molecule has 1 heterocycles. The Morgan fingerprint density at radius 1 is 1.36 bits per heavy atom. The molecule has 2 N–H and O–H groups in total. The third kappa shape index (κ3) is 5.57. The van der Waals surface area contributed by atoms with E-state index in [0.717, 1.165) is 31.6 Å². The van der Waals surface area contributed by atoms with Crippen molar-refractivity contribution in [2.45, 2.75) is 63.8 Å². The molecule has 1 aliphatic rings. The molecule has 0 saturated heterocycles. The van der Waals surface area contributed by atoms with Gasteiger partial charge in [-0.25, -0.2) is 0 Å². The van der Waals surface area contributed by atoms with Crippen LogP contribution >= 0.6 is 12.4 Å². The standard InChI is InChI=1S/C15H26N4O2.ClH/c1-11(17-13(20)9-6-10-16-2)15-18-14(19-21-15)12-7-4-3-5-8-12;/h11-12,16H,3-10H2,1-2H3,(H,17,20);1H. The maximum absolute atomic E-state index is 11.8. The molecular weight excluding hydrogens is 304 g/mol. The van der Waals surface area contributed by atoms with Crippen LogP contribution in [0.3, 0.4) is 0 Å². The van der Waals surface area contributed by atoms with E-state index in [9.17, 15) is 4.79 Å². The van der Waals surface area contributed by atoms with E-state index in [0.29, 0.717) is 18.2 Å². The Hall–Kier alpha value is -1.14. The molecule has 0 spiro atoms. The minimum atomic E-state index is -0.225. The van der Waals surface area contributed by atoms with Crippen molar-refractivity contribution in [3.05, 3.63) is 11.7 Å². The van der Waals surface area contributed by atoms with Crippen LogP contribution in [0.4, 0.5) is 0 Å². The van der Waals surface area contributed by atoms with Gasteiger partial charge in [-0.1, -0.05) is 24.4 Å². The molecule has 0 aliphatic heterocycles. The summed E-state index contributed by atoms with van der Waals surface area (Å²) in [6, 6.07) is -0.225. The highest BCUT2D eigenvalue weighted by Gasteiger charge is 2.23. The molecule has 0 aromatic carbocycles. The second kappa shape index (κ2) is 9.79. The minimum Gasteiger partial charge on any atom is -0.345 e. The van der Waals surface area contributed by atoms with Crippen molar-refractivity contribution >= 4 is 18.3 Å². The average molecular weight is 331 g/mol. The van der Waals surface area contributed by atoms with E-state index in [-0.39, 0.29) is 24.4 Å². The SMILES string of the molecule is CNCCCC(=O)NC(C)c1nc(C2CCCCC2)no1.Cl. The third-order valence-electron chi connectivity index (χ3n) is 4.01. The lowest BCUT2D eigenvalue weighted by Gasteiger charge is -2.17. The highest BCUT2D eigenvalue weighted by Crippen LogP contribution is 2.31. The zero-order valence-corrected chi connectivity index (χ0v) is 14.2. The maximum atomic E-state index is 11.8.